The number of aryl methyl sites for hydroxylation is 2. The predicted molar refractivity (Wildman–Crippen MR) is 86.3 cm³/mol. The highest BCUT2D eigenvalue weighted by molar-refractivity contribution is 7.86. The number of imidazole rings is 1. The van der Waals surface area contributed by atoms with E-state index in [1.807, 2.05) is 18.4 Å². The highest BCUT2D eigenvalue weighted by atomic mass is 35.5. The fourth-order valence-corrected chi connectivity index (χ4v) is 3.30. The van der Waals surface area contributed by atoms with Gasteiger partial charge in [0, 0.05) is 25.5 Å². The monoisotopic (exact) mass is 364 g/mol. The van der Waals surface area contributed by atoms with Crippen molar-refractivity contribution in [2.24, 2.45) is 0 Å². The number of rotatable bonds is 5. The first-order chi connectivity index (χ1) is 10.2. The van der Waals surface area contributed by atoms with E-state index in [1.165, 1.54) is 6.92 Å². The Kier molecular flexibility index (Phi) is 5.06. The molecule has 0 saturated carbocycles. The van der Waals surface area contributed by atoms with E-state index in [-0.39, 0.29) is 6.42 Å². The number of benzene rings is 1. The Balaban J connectivity index is 2.49. The molecule has 0 N–H and O–H groups in total. The fraction of sp³-hybridized carbons (Fsp3) is 0.500. The summed E-state index contributed by atoms with van der Waals surface area (Å²) < 4.78 is 37.2. The number of hydrogen-bond donors (Lipinski definition) is 0. The molecule has 0 aliphatic heterocycles. The van der Waals surface area contributed by atoms with Crippen LogP contribution in [0.5, 0.6) is 0 Å². The molecule has 0 fully saturated rings. The average molecular weight is 365 g/mol. The summed E-state index contributed by atoms with van der Waals surface area (Å²) in [4.78, 5) is 0. The molecule has 22 heavy (non-hydrogen) atoms. The van der Waals surface area contributed by atoms with Gasteiger partial charge in [0.15, 0.2) is 11.0 Å². The molecule has 122 valence electrons. The largest absolute Gasteiger partial charge is 0.748 e. The van der Waals surface area contributed by atoms with E-state index in [0.717, 1.165) is 23.4 Å². The van der Waals surface area contributed by atoms with Crippen LogP contribution in [0.25, 0.3) is 11.0 Å². The second kappa shape index (κ2) is 6.35. The summed E-state index contributed by atoms with van der Waals surface area (Å²) in [7, 11) is -4.27. The molecule has 2 rings (SSSR count). The first-order valence-electron chi connectivity index (χ1n) is 6.99. The summed E-state index contributed by atoms with van der Waals surface area (Å²) in [5.41, 5.74) is 1.82. The maximum absolute atomic E-state index is 11.1. The van der Waals surface area contributed by atoms with Crippen molar-refractivity contribution in [3.63, 3.8) is 0 Å². The van der Waals surface area contributed by atoms with E-state index in [0.29, 0.717) is 16.6 Å². The molecule has 0 aliphatic rings. The molecule has 0 saturated heterocycles. The third kappa shape index (κ3) is 3.25. The number of nitrogens with zero attached hydrogens (tertiary/aromatic N) is 2. The molecule has 0 amide bonds. The molecule has 5 nitrogen and oxygen atoms in total. The van der Waals surface area contributed by atoms with E-state index < -0.39 is 15.4 Å². The summed E-state index contributed by atoms with van der Waals surface area (Å²) in [5, 5.41) is -0.00751. The van der Waals surface area contributed by atoms with E-state index in [2.05, 4.69) is 4.57 Å². The molecular formula is C14H18Cl2N2O3S. The highest BCUT2D eigenvalue weighted by Crippen LogP contribution is 2.27. The van der Waals surface area contributed by atoms with Crippen molar-refractivity contribution < 1.29 is 17.5 Å². The lowest BCUT2D eigenvalue weighted by atomic mass is 10.3. The Labute approximate surface area is 140 Å². The lowest BCUT2D eigenvalue weighted by Gasteiger charge is -2.14. The molecule has 2 aromatic rings. The van der Waals surface area contributed by atoms with Crippen molar-refractivity contribution in [1.82, 2.24) is 4.57 Å². The number of halogens is 2. The summed E-state index contributed by atoms with van der Waals surface area (Å²) >= 11 is 12.2. The maximum Gasteiger partial charge on any atom is 0.254 e. The molecule has 1 heterocycles. The number of aromatic nitrogens is 2. The second-order valence-corrected chi connectivity index (χ2v) is 7.89. The van der Waals surface area contributed by atoms with Gasteiger partial charge in [-0.2, -0.15) is 0 Å². The molecule has 1 atom stereocenters. The van der Waals surface area contributed by atoms with Gasteiger partial charge in [0.25, 0.3) is 5.82 Å². The van der Waals surface area contributed by atoms with Gasteiger partial charge in [0.1, 0.15) is 0 Å². The van der Waals surface area contributed by atoms with Gasteiger partial charge in [-0.25, -0.2) is 17.6 Å². The lowest BCUT2D eigenvalue weighted by Crippen LogP contribution is -2.38. The van der Waals surface area contributed by atoms with Crippen molar-refractivity contribution in [1.29, 1.82) is 0 Å². The summed E-state index contributed by atoms with van der Waals surface area (Å²) in [6.45, 7) is 6.57. The van der Waals surface area contributed by atoms with Gasteiger partial charge in [-0.15, -0.1) is 0 Å². The van der Waals surface area contributed by atoms with Crippen LogP contribution >= 0.6 is 23.2 Å². The van der Waals surface area contributed by atoms with Gasteiger partial charge < -0.3 is 4.55 Å². The van der Waals surface area contributed by atoms with Crippen molar-refractivity contribution in [3.05, 3.63) is 28.0 Å². The summed E-state index contributed by atoms with van der Waals surface area (Å²) in [5.74, 6) is 0.964. The van der Waals surface area contributed by atoms with Crippen LogP contribution < -0.4 is 4.57 Å². The Morgan fingerprint density at radius 1 is 1.32 bits per heavy atom. The minimum atomic E-state index is -4.27. The third-order valence-corrected chi connectivity index (χ3v) is 5.89. The molecular weight excluding hydrogens is 347 g/mol. The van der Waals surface area contributed by atoms with Crippen molar-refractivity contribution >= 4 is 44.4 Å². The molecule has 0 bridgehead atoms. The van der Waals surface area contributed by atoms with Gasteiger partial charge in [0.05, 0.1) is 38.5 Å². The highest BCUT2D eigenvalue weighted by Gasteiger charge is 2.23. The second-order valence-electron chi connectivity index (χ2n) is 5.29. The van der Waals surface area contributed by atoms with Crippen molar-refractivity contribution in [2.75, 3.05) is 0 Å². The smallest absolute Gasteiger partial charge is 0.254 e. The summed E-state index contributed by atoms with van der Waals surface area (Å²) in [6, 6.07) is 3.58. The Bertz CT molecular complexity index is 815. The minimum absolute atomic E-state index is 0.250. The zero-order valence-corrected chi connectivity index (χ0v) is 15.0. The topological polar surface area (TPSA) is 66.0 Å². The number of fused-ring (bicyclic) bond motifs is 1. The van der Waals surface area contributed by atoms with Gasteiger partial charge in [-0.1, -0.05) is 23.2 Å². The standard InChI is InChI=1S/C14H18Cl2N2O3S/c1-4-17-10(3)18(6-5-9(2)22(19,20)21)14-8-12(16)11(15)7-13(14)17/h7-9H,4-6H2,1-3H3. The van der Waals surface area contributed by atoms with E-state index >= 15 is 0 Å². The average Bonchev–Trinajstić information content (AvgIpc) is 2.67. The third-order valence-electron chi connectivity index (χ3n) is 3.95. The van der Waals surface area contributed by atoms with Gasteiger partial charge in [0.2, 0.25) is 0 Å². The first-order valence-corrected chi connectivity index (χ1v) is 9.22. The quantitative estimate of drug-likeness (QED) is 0.605. The molecule has 0 aliphatic carbocycles. The molecule has 1 aromatic carbocycles. The SMILES string of the molecule is CCn1c(C)[n+](CCC(C)S(=O)(=O)[O-])c2cc(Cl)c(Cl)cc21. The normalized spacial score (nSPS) is 13.7. The van der Waals surface area contributed by atoms with Gasteiger partial charge in [-0.05, 0) is 13.8 Å². The molecule has 0 spiro atoms. The van der Waals surface area contributed by atoms with E-state index in [1.54, 1.807) is 12.1 Å². The van der Waals surface area contributed by atoms with Crippen LogP contribution in [0.15, 0.2) is 12.1 Å². The van der Waals surface area contributed by atoms with Crippen molar-refractivity contribution in [2.45, 2.75) is 45.5 Å². The van der Waals surface area contributed by atoms with Gasteiger partial charge in [-0.3, -0.25) is 0 Å². The molecule has 1 unspecified atom stereocenters. The Hall–Kier alpha value is -0.820. The van der Waals surface area contributed by atoms with E-state index in [4.69, 9.17) is 23.2 Å². The lowest BCUT2D eigenvalue weighted by molar-refractivity contribution is -0.678. The van der Waals surface area contributed by atoms with Crippen LogP contribution in [0.2, 0.25) is 10.0 Å². The Morgan fingerprint density at radius 2 is 1.91 bits per heavy atom. The molecule has 8 heteroatoms. The van der Waals surface area contributed by atoms with Crippen LogP contribution in [0, 0.1) is 6.92 Å². The number of hydrogen-bond acceptors (Lipinski definition) is 3. The van der Waals surface area contributed by atoms with Crippen LogP contribution in [-0.2, 0) is 23.2 Å². The summed E-state index contributed by atoms with van der Waals surface area (Å²) in [6.07, 6.45) is 0.250. The Morgan fingerprint density at radius 3 is 2.45 bits per heavy atom. The van der Waals surface area contributed by atoms with Crippen LogP contribution in [0.1, 0.15) is 26.1 Å². The maximum atomic E-state index is 11.1. The van der Waals surface area contributed by atoms with Crippen LogP contribution in [-0.4, -0.2) is 22.8 Å². The van der Waals surface area contributed by atoms with Crippen molar-refractivity contribution in [3.8, 4) is 0 Å². The predicted octanol–water partition coefficient (Wildman–Crippen LogP) is 2.89. The zero-order chi connectivity index (χ0) is 16.7. The van der Waals surface area contributed by atoms with Crippen LogP contribution in [0.3, 0.4) is 0 Å². The first kappa shape index (κ1) is 17.5. The minimum Gasteiger partial charge on any atom is -0.748 e. The zero-order valence-electron chi connectivity index (χ0n) is 12.6. The van der Waals surface area contributed by atoms with E-state index in [9.17, 15) is 13.0 Å². The molecule has 1 aromatic heterocycles. The van der Waals surface area contributed by atoms with Crippen LogP contribution in [0.4, 0.5) is 0 Å². The molecule has 0 radical (unpaired) electrons. The fourth-order valence-electron chi connectivity index (χ4n) is 2.59. The van der Waals surface area contributed by atoms with Gasteiger partial charge >= 0.3 is 0 Å².